The van der Waals surface area contributed by atoms with Gasteiger partial charge in [-0.1, -0.05) is 12.1 Å². The molecule has 3 rings (SSSR count). The fourth-order valence-corrected chi connectivity index (χ4v) is 2.76. The first-order valence-corrected chi connectivity index (χ1v) is 6.29. The van der Waals surface area contributed by atoms with Crippen molar-refractivity contribution in [1.82, 2.24) is 9.55 Å². The molecule has 0 saturated heterocycles. The number of hydrogen-bond donors (Lipinski definition) is 1. The van der Waals surface area contributed by atoms with Gasteiger partial charge < -0.3 is 4.98 Å². The number of fused-ring (bicyclic) bond motifs is 1. The largest absolute Gasteiger partial charge is 0.334 e. The first kappa shape index (κ1) is 11.0. The second-order valence-electron chi connectivity index (χ2n) is 4.00. The molecule has 0 amide bonds. The first-order valence-electron chi connectivity index (χ1n) is 5.48. The molecule has 1 aromatic carbocycles. The van der Waals surface area contributed by atoms with E-state index in [4.69, 9.17) is 0 Å². The third-order valence-electron chi connectivity index (χ3n) is 2.75. The molecule has 18 heavy (non-hydrogen) atoms. The van der Waals surface area contributed by atoms with Crippen molar-refractivity contribution in [2.45, 2.75) is 6.92 Å². The van der Waals surface area contributed by atoms with Crippen molar-refractivity contribution in [1.29, 1.82) is 0 Å². The lowest BCUT2D eigenvalue weighted by Crippen LogP contribution is -2.32. The van der Waals surface area contributed by atoms with Gasteiger partial charge in [-0.15, -0.1) is 11.3 Å². The predicted octanol–water partition coefficient (Wildman–Crippen LogP) is 2.05. The summed E-state index contributed by atoms with van der Waals surface area (Å²) in [6.07, 6.45) is 0. The average Bonchev–Trinajstić information content (AvgIpc) is 2.76. The van der Waals surface area contributed by atoms with Gasteiger partial charge in [-0.25, -0.2) is 9.36 Å². The van der Waals surface area contributed by atoms with Crippen LogP contribution in [0.2, 0.25) is 0 Å². The molecule has 0 spiro atoms. The van der Waals surface area contributed by atoms with Gasteiger partial charge in [0.05, 0.1) is 10.9 Å². The molecule has 4 nitrogen and oxygen atoms in total. The maximum absolute atomic E-state index is 12.3. The lowest BCUT2D eigenvalue weighted by Gasteiger charge is -2.03. The zero-order valence-corrected chi connectivity index (χ0v) is 10.5. The van der Waals surface area contributed by atoms with Crippen LogP contribution >= 0.6 is 11.3 Å². The molecule has 90 valence electrons. The second-order valence-corrected chi connectivity index (χ2v) is 5.27. The van der Waals surface area contributed by atoms with Gasteiger partial charge in [0.15, 0.2) is 0 Å². The molecular weight excluding hydrogens is 248 g/mol. The summed E-state index contributed by atoms with van der Waals surface area (Å²) in [5.41, 5.74) is -0.117. The van der Waals surface area contributed by atoms with E-state index in [1.54, 1.807) is 30.3 Å². The summed E-state index contributed by atoms with van der Waals surface area (Å²) in [6.45, 7) is 1.94. The van der Waals surface area contributed by atoms with Crippen LogP contribution in [0.15, 0.2) is 46.0 Å². The summed E-state index contributed by atoms with van der Waals surface area (Å²) in [6, 6.07) is 10.7. The van der Waals surface area contributed by atoms with Gasteiger partial charge in [-0.05, 0) is 31.2 Å². The Labute approximate surface area is 106 Å². The first-order chi connectivity index (χ1) is 8.66. The van der Waals surface area contributed by atoms with Crippen LogP contribution in [0, 0.1) is 6.92 Å². The minimum absolute atomic E-state index is 0.281. The lowest BCUT2D eigenvalue weighted by molar-refractivity contribution is 0.917. The maximum Gasteiger partial charge on any atom is 0.334 e. The van der Waals surface area contributed by atoms with Crippen LogP contribution in [-0.2, 0) is 0 Å². The fourth-order valence-electron chi connectivity index (χ4n) is 1.90. The number of H-pyrrole nitrogens is 1. The normalized spacial score (nSPS) is 10.9. The van der Waals surface area contributed by atoms with Crippen molar-refractivity contribution in [3.63, 3.8) is 0 Å². The second kappa shape index (κ2) is 3.96. The molecule has 0 aliphatic carbocycles. The third-order valence-corrected chi connectivity index (χ3v) is 3.74. The lowest BCUT2D eigenvalue weighted by atomic mass is 10.2. The molecule has 0 fully saturated rings. The number of nitrogens with one attached hydrogen (secondary N) is 1. The van der Waals surface area contributed by atoms with Crippen molar-refractivity contribution < 1.29 is 0 Å². The van der Waals surface area contributed by atoms with Gasteiger partial charge in [-0.2, -0.15) is 0 Å². The van der Waals surface area contributed by atoms with Crippen LogP contribution < -0.4 is 11.2 Å². The smallest absolute Gasteiger partial charge is 0.306 e. The molecule has 2 heterocycles. The molecule has 0 radical (unpaired) electrons. The SMILES string of the molecule is Cc1ccc(-n2c(=O)[nH]c3ccccc3c2=O)s1. The van der Waals surface area contributed by atoms with Gasteiger partial charge in [-0.3, -0.25) is 4.79 Å². The number of aromatic nitrogens is 2. The van der Waals surface area contributed by atoms with Crippen LogP contribution in [-0.4, -0.2) is 9.55 Å². The molecular formula is C13H10N2O2S. The number of aromatic amines is 1. The Balaban J connectivity index is 2.44. The van der Waals surface area contributed by atoms with Crippen LogP contribution in [0.25, 0.3) is 15.9 Å². The minimum atomic E-state index is -0.402. The monoisotopic (exact) mass is 258 g/mol. The Hall–Kier alpha value is -2.14. The number of hydrogen-bond acceptors (Lipinski definition) is 3. The standard InChI is InChI=1S/C13H10N2O2S/c1-8-6-7-11(18-8)15-12(16)9-4-2-3-5-10(9)14-13(15)17/h2-7H,1H3,(H,14,17). The Morgan fingerprint density at radius 2 is 1.89 bits per heavy atom. The van der Waals surface area contributed by atoms with Crippen molar-refractivity contribution in [2.24, 2.45) is 0 Å². The highest BCUT2D eigenvalue weighted by molar-refractivity contribution is 7.14. The quantitative estimate of drug-likeness (QED) is 0.726. The predicted molar refractivity (Wildman–Crippen MR) is 72.8 cm³/mol. The Bertz CT molecular complexity index is 842. The summed E-state index contributed by atoms with van der Waals surface area (Å²) in [7, 11) is 0. The number of benzene rings is 1. The van der Waals surface area contributed by atoms with E-state index < -0.39 is 5.69 Å². The highest BCUT2D eigenvalue weighted by atomic mass is 32.1. The van der Waals surface area contributed by atoms with E-state index in [-0.39, 0.29) is 5.56 Å². The molecule has 0 saturated carbocycles. The van der Waals surface area contributed by atoms with Crippen LogP contribution in [0.3, 0.4) is 0 Å². The Morgan fingerprint density at radius 3 is 2.61 bits per heavy atom. The van der Waals surface area contributed by atoms with Crippen LogP contribution in [0.1, 0.15) is 4.88 Å². The van der Waals surface area contributed by atoms with Gasteiger partial charge in [0.2, 0.25) is 0 Å². The maximum atomic E-state index is 12.3. The molecule has 0 atom stereocenters. The zero-order valence-electron chi connectivity index (χ0n) is 9.64. The van der Waals surface area contributed by atoms with Crippen molar-refractivity contribution in [2.75, 3.05) is 0 Å². The number of para-hydroxylation sites is 1. The minimum Gasteiger partial charge on any atom is -0.306 e. The van der Waals surface area contributed by atoms with Crippen molar-refractivity contribution >= 4 is 22.2 Å². The Kier molecular flexibility index (Phi) is 2.41. The molecule has 3 aromatic rings. The number of rotatable bonds is 1. The molecule has 5 heteroatoms. The van der Waals surface area contributed by atoms with E-state index in [1.165, 1.54) is 15.9 Å². The van der Waals surface area contributed by atoms with Gasteiger partial charge in [0.1, 0.15) is 5.00 Å². The highest BCUT2D eigenvalue weighted by Crippen LogP contribution is 2.17. The summed E-state index contributed by atoms with van der Waals surface area (Å²) in [4.78, 5) is 28.1. The number of nitrogens with zero attached hydrogens (tertiary/aromatic N) is 1. The topological polar surface area (TPSA) is 54.9 Å². The third kappa shape index (κ3) is 1.60. The van der Waals surface area contributed by atoms with Crippen molar-refractivity contribution in [3.05, 3.63) is 62.1 Å². The average molecular weight is 258 g/mol. The summed E-state index contributed by atoms with van der Waals surface area (Å²) < 4.78 is 1.18. The fraction of sp³-hybridized carbons (Fsp3) is 0.0769. The van der Waals surface area contributed by atoms with Crippen molar-refractivity contribution in [3.8, 4) is 5.00 Å². The van der Waals surface area contributed by atoms with E-state index >= 15 is 0 Å². The molecule has 0 bridgehead atoms. The van der Waals surface area contributed by atoms with Gasteiger partial charge in [0.25, 0.3) is 5.56 Å². The van der Waals surface area contributed by atoms with Crippen LogP contribution in [0.5, 0.6) is 0 Å². The zero-order chi connectivity index (χ0) is 12.7. The molecule has 1 N–H and O–H groups in total. The number of aryl methyl sites for hydroxylation is 1. The molecule has 2 aromatic heterocycles. The van der Waals surface area contributed by atoms with Gasteiger partial charge >= 0.3 is 5.69 Å². The van der Waals surface area contributed by atoms with E-state index in [9.17, 15) is 9.59 Å². The van der Waals surface area contributed by atoms with E-state index in [0.29, 0.717) is 15.9 Å². The van der Waals surface area contributed by atoms with E-state index in [2.05, 4.69) is 4.98 Å². The Morgan fingerprint density at radius 1 is 1.11 bits per heavy atom. The number of thiophene rings is 1. The summed E-state index contributed by atoms with van der Waals surface area (Å²) in [5.74, 6) is 0. The van der Waals surface area contributed by atoms with E-state index in [0.717, 1.165) is 4.88 Å². The van der Waals surface area contributed by atoms with E-state index in [1.807, 2.05) is 13.0 Å². The van der Waals surface area contributed by atoms with Crippen LogP contribution in [0.4, 0.5) is 0 Å². The summed E-state index contributed by atoms with van der Waals surface area (Å²) >= 11 is 1.42. The molecule has 0 aliphatic heterocycles. The summed E-state index contributed by atoms with van der Waals surface area (Å²) in [5, 5.41) is 1.16. The molecule has 0 unspecified atom stereocenters. The van der Waals surface area contributed by atoms with Gasteiger partial charge in [0, 0.05) is 4.88 Å². The molecule has 0 aliphatic rings. The highest BCUT2D eigenvalue weighted by Gasteiger charge is 2.10.